The molecule has 0 saturated heterocycles. The molecule has 21 heavy (non-hydrogen) atoms. The van der Waals surface area contributed by atoms with Crippen molar-refractivity contribution in [2.24, 2.45) is 5.92 Å². The van der Waals surface area contributed by atoms with Gasteiger partial charge in [-0.1, -0.05) is 19.1 Å². The van der Waals surface area contributed by atoms with E-state index in [0.29, 0.717) is 6.54 Å². The van der Waals surface area contributed by atoms with Gasteiger partial charge in [-0.15, -0.1) is 0 Å². The molecule has 2 heterocycles. The third-order valence-corrected chi connectivity index (χ3v) is 3.72. The Balaban J connectivity index is 2.09. The summed E-state index contributed by atoms with van der Waals surface area (Å²) in [6.45, 7) is 2.16. The first kappa shape index (κ1) is 13.4. The minimum Gasteiger partial charge on any atom is -0.459 e. The van der Waals surface area contributed by atoms with Gasteiger partial charge >= 0.3 is 0 Å². The SMILES string of the molecule is C[C@H]1CN(C(=O)c2ccco2)c2ccccc2N(C)C1=O. The Bertz CT molecular complexity index is 679. The Hall–Kier alpha value is -2.56. The van der Waals surface area contributed by atoms with Crippen LogP contribution in [-0.4, -0.2) is 25.4 Å². The molecule has 0 N–H and O–H groups in total. The molecule has 0 unspecified atom stereocenters. The molecule has 1 aliphatic rings. The summed E-state index contributed by atoms with van der Waals surface area (Å²) in [6, 6.07) is 10.7. The number of hydrogen-bond acceptors (Lipinski definition) is 3. The molecule has 5 heteroatoms. The minimum atomic E-state index is -0.277. The molecule has 0 saturated carbocycles. The Kier molecular flexibility index (Phi) is 3.25. The molecule has 1 aromatic heterocycles. The maximum absolute atomic E-state index is 12.6. The molecule has 2 aromatic rings. The van der Waals surface area contributed by atoms with Crippen molar-refractivity contribution < 1.29 is 14.0 Å². The number of rotatable bonds is 1. The number of nitrogens with zero attached hydrogens (tertiary/aromatic N) is 2. The summed E-state index contributed by atoms with van der Waals surface area (Å²) >= 11 is 0. The van der Waals surface area contributed by atoms with Crippen molar-refractivity contribution in [2.45, 2.75) is 6.92 Å². The Morgan fingerprint density at radius 3 is 2.57 bits per heavy atom. The van der Waals surface area contributed by atoms with Crippen LogP contribution < -0.4 is 9.80 Å². The van der Waals surface area contributed by atoms with Gasteiger partial charge in [0.15, 0.2) is 5.76 Å². The van der Waals surface area contributed by atoms with E-state index in [1.165, 1.54) is 6.26 Å². The fourth-order valence-electron chi connectivity index (χ4n) is 2.60. The lowest BCUT2D eigenvalue weighted by atomic mass is 10.1. The number of benzene rings is 1. The van der Waals surface area contributed by atoms with Gasteiger partial charge in [0.1, 0.15) is 0 Å². The molecule has 108 valence electrons. The van der Waals surface area contributed by atoms with Crippen LogP contribution >= 0.6 is 0 Å². The molecule has 1 aliphatic heterocycles. The van der Waals surface area contributed by atoms with Crippen LogP contribution in [0, 0.1) is 5.92 Å². The van der Waals surface area contributed by atoms with Crippen molar-refractivity contribution in [3.8, 4) is 0 Å². The van der Waals surface area contributed by atoms with Gasteiger partial charge in [-0.2, -0.15) is 0 Å². The van der Waals surface area contributed by atoms with Crippen molar-refractivity contribution in [3.63, 3.8) is 0 Å². The van der Waals surface area contributed by atoms with E-state index in [4.69, 9.17) is 4.42 Å². The summed E-state index contributed by atoms with van der Waals surface area (Å²) in [7, 11) is 1.73. The van der Waals surface area contributed by atoms with Crippen LogP contribution in [0.2, 0.25) is 0 Å². The third kappa shape index (κ3) is 2.20. The van der Waals surface area contributed by atoms with Crippen LogP contribution in [0.15, 0.2) is 47.1 Å². The smallest absolute Gasteiger partial charge is 0.294 e. The van der Waals surface area contributed by atoms with E-state index in [9.17, 15) is 9.59 Å². The van der Waals surface area contributed by atoms with Gasteiger partial charge < -0.3 is 14.2 Å². The first-order valence-electron chi connectivity index (χ1n) is 6.81. The normalized spacial score (nSPS) is 18.4. The zero-order valence-corrected chi connectivity index (χ0v) is 11.9. The van der Waals surface area contributed by atoms with E-state index in [-0.39, 0.29) is 23.5 Å². The summed E-state index contributed by atoms with van der Waals surface area (Å²) in [6.07, 6.45) is 1.47. The zero-order chi connectivity index (χ0) is 15.0. The van der Waals surface area contributed by atoms with Gasteiger partial charge in [0.2, 0.25) is 5.91 Å². The number of amides is 2. The van der Waals surface area contributed by atoms with Crippen molar-refractivity contribution in [1.29, 1.82) is 0 Å². The highest BCUT2D eigenvalue weighted by molar-refractivity contribution is 6.10. The standard InChI is InChI=1S/C16H16N2O3/c1-11-10-18(16(20)14-8-5-9-21-14)13-7-4-3-6-12(13)17(2)15(11)19/h3-9,11H,10H2,1-2H3/t11-/m0/s1. The molecule has 0 aliphatic carbocycles. The van der Waals surface area contributed by atoms with Crippen molar-refractivity contribution >= 4 is 23.2 Å². The van der Waals surface area contributed by atoms with E-state index < -0.39 is 0 Å². The largest absolute Gasteiger partial charge is 0.459 e. The van der Waals surface area contributed by atoms with E-state index in [1.807, 2.05) is 31.2 Å². The van der Waals surface area contributed by atoms with Crippen LogP contribution in [0.4, 0.5) is 11.4 Å². The second-order valence-electron chi connectivity index (χ2n) is 5.18. The molecule has 1 aromatic carbocycles. The molecule has 0 spiro atoms. The second-order valence-corrected chi connectivity index (χ2v) is 5.18. The van der Waals surface area contributed by atoms with Crippen LogP contribution in [-0.2, 0) is 4.79 Å². The predicted molar refractivity (Wildman–Crippen MR) is 79.4 cm³/mol. The molecular formula is C16H16N2O3. The average molecular weight is 284 g/mol. The molecule has 3 rings (SSSR count). The van der Waals surface area contributed by atoms with E-state index in [1.54, 1.807) is 29.0 Å². The number of furan rings is 1. The maximum Gasteiger partial charge on any atom is 0.294 e. The maximum atomic E-state index is 12.6. The topological polar surface area (TPSA) is 53.8 Å². The summed E-state index contributed by atoms with van der Waals surface area (Å²) in [5, 5.41) is 0. The fourth-order valence-corrected chi connectivity index (χ4v) is 2.60. The van der Waals surface area contributed by atoms with Crippen molar-refractivity contribution in [1.82, 2.24) is 0 Å². The second kappa shape index (κ2) is 5.09. The minimum absolute atomic E-state index is 0.00260. The van der Waals surface area contributed by atoms with Crippen LogP contribution in [0.1, 0.15) is 17.5 Å². The molecule has 0 bridgehead atoms. The lowest BCUT2D eigenvalue weighted by molar-refractivity contribution is -0.121. The molecule has 0 fully saturated rings. The van der Waals surface area contributed by atoms with Crippen LogP contribution in [0.5, 0.6) is 0 Å². The van der Waals surface area contributed by atoms with Crippen molar-refractivity contribution in [2.75, 3.05) is 23.4 Å². The van der Waals surface area contributed by atoms with Gasteiger partial charge in [-0.05, 0) is 24.3 Å². The zero-order valence-electron chi connectivity index (χ0n) is 11.9. The predicted octanol–water partition coefficient (Wildman–Crippen LogP) is 2.54. The summed E-state index contributed by atoms with van der Waals surface area (Å²) < 4.78 is 5.20. The Morgan fingerprint density at radius 2 is 1.90 bits per heavy atom. The molecule has 5 nitrogen and oxygen atoms in total. The molecule has 1 atom stereocenters. The first-order chi connectivity index (χ1) is 10.1. The monoisotopic (exact) mass is 284 g/mol. The highest BCUT2D eigenvalue weighted by atomic mass is 16.3. The van der Waals surface area contributed by atoms with Crippen LogP contribution in [0.3, 0.4) is 0 Å². The third-order valence-electron chi connectivity index (χ3n) is 3.72. The van der Waals surface area contributed by atoms with E-state index in [2.05, 4.69) is 0 Å². The van der Waals surface area contributed by atoms with E-state index >= 15 is 0 Å². The van der Waals surface area contributed by atoms with Gasteiger partial charge in [0.05, 0.1) is 23.6 Å². The summed E-state index contributed by atoms with van der Waals surface area (Å²) in [5.74, 6) is -0.241. The molecular weight excluding hydrogens is 268 g/mol. The number of carbonyl (C=O) groups is 2. The highest BCUT2D eigenvalue weighted by Crippen LogP contribution is 2.34. The number of fused-ring (bicyclic) bond motifs is 1. The fraction of sp³-hybridized carbons (Fsp3) is 0.250. The first-order valence-corrected chi connectivity index (χ1v) is 6.81. The quantitative estimate of drug-likeness (QED) is 0.808. The Labute approximate surface area is 122 Å². The van der Waals surface area contributed by atoms with Crippen molar-refractivity contribution in [3.05, 3.63) is 48.4 Å². The van der Waals surface area contributed by atoms with Gasteiger partial charge in [-0.25, -0.2) is 0 Å². The van der Waals surface area contributed by atoms with Crippen LogP contribution in [0.25, 0.3) is 0 Å². The number of para-hydroxylation sites is 2. The molecule has 2 amide bonds. The van der Waals surface area contributed by atoms with Gasteiger partial charge in [0.25, 0.3) is 5.91 Å². The Morgan fingerprint density at radius 1 is 1.19 bits per heavy atom. The number of hydrogen-bond donors (Lipinski definition) is 0. The summed E-state index contributed by atoms with van der Waals surface area (Å²) in [4.78, 5) is 28.2. The van der Waals surface area contributed by atoms with E-state index in [0.717, 1.165) is 11.4 Å². The molecule has 0 radical (unpaired) electrons. The van der Waals surface area contributed by atoms with Gasteiger partial charge in [-0.3, -0.25) is 9.59 Å². The van der Waals surface area contributed by atoms with Gasteiger partial charge in [0, 0.05) is 13.6 Å². The lowest BCUT2D eigenvalue weighted by Gasteiger charge is -2.23. The number of carbonyl (C=O) groups excluding carboxylic acids is 2. The number of anilines is 2. The highest BCUT2D eigenvalue weighted by Gasteiger charge is 2.32. The lowest BCUT2D eigenvalue weighted by Crippen LogP contribution is -2.37. The summed E-state index contributed by atoms with van der Waals surface area (Å²) in [5.41, 5.74) is 1.45. The average Bonchev–Trinajstić information content (AvgIpc) is 3.02.